The van der Waals surface area contributed by atoms with Crippen molar-refractivity contribution < 1.29 is 29.4 Å². The lowest BCUT2D eigenvalue weighted by atomic mass is 10.0. The lowest BCUT2D eigenvalue weighted by molar-refractivity contribution is -0.148. The zero-order valence-electron chi connectivity index (χ0n) is 14.7. The standard InChI is InChI=1S/C18H23N3O6/c19-12(9-11-5-2-1-3-6-11)17(25)21-8-4-7-14(21)16(24)20-13(18(26)27)10-15(22)23/h1-3,5-6,12-14H,4,7-10,19H2,(H,20,24)(H,22,23)(H,26,27)/t12-,13-,14-/m0/s1. The van der Waals surface area contributed by atoms with E-state index in [9.17, 15) is 19.2 Å². The normalized spacial score (nSPS) is 18.6. The molecule has 1 heterocycles. The van der Waals surface area contributed by atoms with Gasteiger partial charge < -0.3 is 26.2 Å². The van der Waals surface area contributed by atoms with Crippen LogP contribution in [0.25, 0.3) is 0 Å². The molecule has 0 aromatic heterocycles. The van der Waals surface area contributed by atoms with Crippen LogP contribution in [0.15, 0.2) is 30.3 Å². The van der Waals surface area contributed by atoms with Gasteiger partial charge in [0.2, 0.25) is 11.8 Å². The molecule has 5 N–H and O–H groups in total. The minimum Gasteiger partial charge on any atom is -0.481 e. The van der Waals surface area contributed by atoms with Crippen LogP contribution in [0.2, 0.25) is 0 Å². The number of carbonyl (C=O) groups excluding carboxylic acids is 2. The molecule has 2 rings (SSSR count). The number of rotatable bonds is 8. The third-order valence-electron chi connectivity index (χ3n) is 4.45. The number of carbonyl (C=O) groups is 4. The number of likely N-dealkylation sites (tertiary alicyclic amines) is 1. The second kappa shape index (κ2) is 9.13. The van der Waals surface area contributed by atoms with Crippen molar-refractivity contribution in [1.82, 2.24) is 10.2 Å². The quantitative estimate of drug-likeness (QED) is 0.481. The van der Waals surface area contributed by atoms with Crippen LogP contribution in [0.3, 0.4) is 0 Å². The first-order valence-corrected chi connectivity index (χ1v) is 8.64. The molecule has 27 heavy (non-hydrogen) atoms. The number of aliphatic carboxylic acids is 2. The molecule has 1 saturated heterocycles. The number of amides is 2. The van der Waals surface area contributed by atoms with Crippen LogP contribution < -0.4 is 11.1 Å². The van der Waals surface area contributed by atoms with E-state index in [1.807, 2.05) is 30.3 Å². The van der Waals surface area contributed by atoms with E-state index in [0.29, 0.717) is 25.8 Å². The summed E-state index contributed by atoms with van der Waals surface area (Å²) in [4.78, 5) is 48.3. The van der Waals surface area contributed by atoms with Gasteiger partial charge in [0.05, 0.1) is 12.5 Å². The molecule has 9 heteroatoms. The maximum atomic E-state index is 12.7. The SMILES string of the molecule is N[C@@H](Cc1ccccc1)C(=O)N1CCC[C@H]1C(=O)N[C@@H](CC(=O)O)C(=O)O. The minimum atomic E-state index is -1.55. The van der Waals surface area contributed by atoms with E-state index in [1.165, 1.54) is 4.90 Å². The van der Waals surface area contributed by atoms with Gasteiger partial charge in [-0.15, -0.1) is 0 Å². The Bertz CT molecular complexity index is 708. The van der Waals surface area contributed by atoms with Gasteiger partial charge in [-0.3, -0.25) is 14.4 Å². The van der Waals surface area contributed by atoms with Crippen molar-refractivity contribution in [2.45, 2.75) is 43.8 Å². The highest BCUT2D eigenvalue weighted by Crippen LogP contribution is 2.19. The van der Waals surface area contributed by atoms with Gasteiger partial charge >= 0.3 is 11.9 Å². The van der Waals surface area contributed by atoms with E-state index in [4.69, 9.17) is 15.9 Å². The zero-order valence-corrected chi connectivity index (χ0v) is 14.7. The molecule has 146 valence electrons. The van der Waals surface area contributed by atoms with Crippen molar-refractivity contribution in [3.8, 4) is 0 Å². The zero-order chi connectivity index (χ0) is 20.0. The largest absolute Gasteiger partial charge is 0.481 e. The van der Waals surface area contributed by atoms with E-state index in [1.54, 1.807) is 0 Å². The molecule has 0 saturated carbocycles. The minimum absolute atomic E-state index is 0.321. The second-order valence-corrected chi connectivity index (χ2v) is 6.48. The molecule has 1 aromatic carbocycles. The smallest absolute Gasteiger partial charge is 0.326 e. The molecule has 0 spiro atoms. The van der Waals surface area contributed by atoms with Gasteiger partial charge in [-0.25, -0.2) is 4.79 Å². The number of nitrogens with two attached hydrogens (primary N) is 1. The highest BCUT2D eigenvalue weighted by atomic mass is 16.4. The second-order valence-electron chi connectivity index (χ2n) is 6.48. The molecule has 0 bridgehead atoms. The summed E-state index contributed by atoms with van der Waals surface area (Å²) in [5, 5.41) is 20.0. The summed E-state index contributed by atoms with van der Waals surface area (Å²) in [5.74, 6) is -3.85. The first-order chi connectivity index (χ1) is 12.8. The lowest BCUT2D eigenvalue weighted by Crippen LogP contribution is -2.54. The van der Waals surface area contributed by atoms with Crippen molar-refractivity contribution >= 4 is 23.8 Å². The predicted molar refractivity (Wildman–Crippen MR) is 94.7 cm³/mol. The fourth-order valence-corrected chi connectivity index (χ4v) is 3.11. The number of hydrogen-bond donors (Lipinski definition) is 4. The average molecular weight is 377 g/mol. The van der Waals surface area contributed by atoms with E-state index in [0.717, 1.165) is 5.56 Å². The van der Waals surface area contributed by atoms with Crippen molar-refractivity contribution in [3.05, 3.63) is 35.9 Å². The summed E-state index contributed by atoms with van der Waals surface area (Å²) in [5.41, 5.74) is 6.91. The Labute approximate surface area is 156 Å². The van der Waals surface area contributed by atoms with Crippen LogP contribution in [-0.4, -0.2) is 63.5 Å². The monoisotopic (exact) mass is 377 g/mol. The number of carboxylic acids is 2. The van der Waals surface area contributed by atoms with Crippen LogP contribution in [0, 0.1) is 0 Å². The molecule has 0 aliphatic carbocycles. The first-order valence-electron chi connectivity index (χ1n) is 8.64. The number of nitrogens with zero attached hydrogens (tertiary/aromatic N) is 1. The van der Waals surface area contributed by atoms with Crippen molar-refractivity contribution in [2.75, 3.05) is 6.54 Å². The van der Waals surface area contributed by atoms with Crippen LogP contribution >= 0.6 is 0 Å². The molecule has 0 unspecified atom stereocenters. The van der Waals surface area contributed by atoms with Crippen molar-refractivity contribution in [2.24, 2.45) is 5.73 Å². The van der Waals surface area contributed by atoms with Gasteiger partial charge in [0, 0.05) is 6.54 Å². The molecule has 3 atom stereocenters. The average Bonchev–Trinajstić information content (AvgIpc) is 3.10. The molecule has 1 aliphatic heterocycles. The Morgan fingerprint density at radius 1 is 1.19 bits per heavy atom. The highest BCUT2D eigenvalue weighted by Gasteiger charge is 2.37. The molecule has 0 radical (unpaired) electrons. The van der Waals surface area contributed by atoms with Gasteiger partial charge in [-0.05, 0) is 24.8 Å². The number of benzene rings is 1. The molecule has 9 nitrogen and oxygen atoms in total. The molecular formula is C18H23N3O6. The van der Waals surface area contributed by atoms with Gasteiger partial charge in [0.15, 0.2) is 0 Å². The summed E-state index contributed by atoms with van der Waals surface area (Å²) >= 11 is 0. The van der Waals surface area contributed by atoms with Crippen LogP contribution in [0.4, 0.5) is 0 Å². The molecule has 1 aromatic rings. The van der Waals surface area contributed by atoms with Crippen LogP contribution in [0.5, 0.6) is 0 Å². The Morgan fingerprint density at radius 2 is 1.85 bits per heavy atom. The summed E-state index contributed by atoms with van der Waals surface area (Å²) in [6.07, 6.45) is 0.532. The van der Waals surface area contributed by atoms with Crippen LogP contribution in [0.1, 0.15) is 24.8 Å². The fourth-order valence-electron chi connectivity index (χ4n) is 3.11. The number of nitrogens with one attached hydrogen (secondary N) is 1. The lowest BCUT2D eigenvalue weighted by Gasteiger charge is -2.27. The maximum Gasteiger partial charge on any atom is 0.326 e. The Morgan fingerprint density at radius 3 is 2.44 bits per heavy atom. The summed E-state index contributed by atoms with van der Waals surface area (Å²) in [6, 6.07) is 6.01. The summed E-state index contributed by atoms with van der Waals surface area (Å²) in [7, 11) is 0. The van der Waals surface area contributed by atoms with Crippen molar-refractivity contribution in [3.63, 3.8) is 0 Å². The van der Waals surface area contributed by atoms with E-state index in [-0.39, 0.29) is 5.91 Å². The van der Waals surface area contributed by atoms with E-state index in [2.05, 4.69) is 5.32 Å². The van der Waals surface area contributed by atoms with E-state index < -0.39 is 42.4 Å². The molecular weight excluding hydrogens is 354 g/mol. The third kappa shape index (κ3) is 5.52. The van der Waals surface area contributed by atoms with Gasteiger partial charge in [-0.1, -0.05) is 30.3 Å². The topological polar surface area (TPSA) is 150 Å². The van der Waals surface area contributed by atoms with Crippen LogP contribution in [-0.2, 0) is 25.6 Å². The number of hydrogen-bond acceptors (Lipinski definition) is 5. The maximum absolute atomic E-state index is 12.7. The van der Waals surface area contributed by atoms with Crippen molar-refractivity contribution in [1.29, 1.82) is 0 Å². The first kappa shape index (κ1) is 20.4. The summed E-state index contributed by atoms with van der Waals surface area (Å²) in [6.45, 7) is 0.343. The fraction of sp³-hybridized carbons (Fsp3) is 0.444. The molecule has 1 aliphatic rings. The molecule has 2 amide bonds. The predicted octanol–water partition coefficient (Wildman–Crippen LogP) is -0.408. The number of carboxylic acid groups (broad SMARTS) is 2. The van der Waals surface area contributed by atoms with E-state index >= 15 is 0 Å². The Kier molecular flexibility index (Phi) is 6.89. The van der Waals surface area contributed by atoms with Gasteiger partial charge in [-0.2, -0.15) is 0 Å². The Hall–Kier alpha value is -2.94. The van der Waals surface area contributed by atoms with Gasteiger partial charge in [0.25, 0.3) is 0 Å². The third-order valence-corrected chi connectivity index (χ3v) is 4.45. The molecule has 1 fully saturated rings. The highest BCUT2D eigenvalue weighted by molar-refractivity contribution is 5.93. The van der Waals surface area contributed by atoms with Gasteiger partial charge in [0.1, 0.15) is 12.1 Å². The summed E-state index contributed by atoms with van der Waals surface area (Å²) < 4.78 is 0. The Balaban J connectivity index is 2.02.